The van der Waals surface area contributed by atoms with Gasteiger partial charge in [-0.1, -0.05) is 0 Å². The average Bonchev–Trinajstić information content (AvgIpc) is 1.94. The van der Waals surface area contributed by atoms with Gasteiger partial charge < -0.3 is 0 Å². The Hall–Kier alpha value is 0.283. The number of unbranched alkanes of at least 4 members (excludes halogenated alkanes) is 4. The number of allylic oxidation sites excluding steroid dienone is 1. The number of hydrogen-bond donors (Lipinski definition) is 0. The SMILES string of the molecule is CCCCCC/C=[CH]\[Ge]([CH3])([CH3])[CH3]. The molecule has 0 aromatic carbocycles. The molecular weight excluding hydrogens is 205 g/mol. The molecule has 0 amide bonds. The van der Waals surface area contributed by atoms with Gasteiger partial charge in [-0.15, -0.1) is 0 Å². The van der Waals surface area contributed by atoms with Gasteiger partial charge in [0.2, 0.25) is 0 Å². The van der Waals surface area contributed by atoms with E-state index in [1.54, 1.807) is 0 Å². The van der Waals surface area contributed by atoms with Crippen LogP contribution in [0.25, 0.3) is 0 Å². The maximum absolute atomic E-state index is 2.51. The van der Waals surface area contributed by atoms with Crippen LogP contribution < -0.4 is 0 Å². The second-order valence-corrected chi connectivity index (χ2v) is 15.2. The number of hydrogen-bond acceptors (Lipinski definition) is 0. The standard InChI is InChI=1S/C11H24Ge/c1-5-6-7-8-9-10-11-12(2,3)4/h10-11H,5-9H2,1-4H3/b11-10-. The Morgan fingerprint density at radius 2 is 1.67 bits per heavy atom. The van der Waals surface area contributed by atoms with E-state index in [4.69, 9.17) is 0 Å². The fourth-order valence-electron chi connectivity index (χ4n) is 1.13. The van der Waals surface area contributed by atoms with Gasteiger partial charge in [0.1, 0.15) is 0 Å². The topological polar surface area (TPSA) is 0 Å². The van der Waals surface area contributed by atoms with E-state index in [-0.39, 0.29) is 0 Å². The summed E-state index contributed by atoms with van der Waals surface area (Å²) >= 11 is -1.35. The third-order valence-corrected chi connectivity index (χ3v) is 4.43. The van der Waals surface area contributed by atoms with E-state index in [1.807, 2.05) is 0 Å². The predicted molar refractivity (Wildman–Crippen MR) is 61.2 cm³/mol. The molecule has 0 aliphatic carbocycles. The van der Waals surface area contributed by atoms with Crippen molar-refractivity contribution in [1.29, 1.82) is 0 Å². The van der Waals surface area contributed by atoms with Gasteiger partial charge in [0.25, 0.3) is 0 Å². The quantitative estimate of drug-likeness (QED) is 0.467. The van der Waals surface area contributed by atoms with Crippen LogP contribution in [0.3, 0.4) is 0 Å². The first-order valence-electron chi connectivity index (χ1n) is 5.24. The number of rotatable bonds is 6. The Labute approximate surface area is 80.8 Å². The summed E-state index contributed by atoms with van der Waals surface area (Å²) in [5, 5.41) is 0. The Kier molecular flexibility index (Phi) is 6.92. The van der Waals surface area contributed by atoms with Crippen molar-refractivity contribution in [2.75, 3.05) is 0 Å². The normalized spacial score (nSPS) is 12.7. The zero-order valence-electron chi connectivity index (χ0n) is 9.19. The molecule has 12 heavy (non-hydrogen) atoms. The molecule has 0 saturated carbocycles. The molecular formula is C11H24Ge. The second kappa shape index (κ2) is 6.76. The summed E-state index contributed by atoms with van der Waals surface area (Å²) in [7, 11) is 0. The van der Waals surface area contributed by atoms with E-state index in [2.05, 4.69) is 35.2 Å². The van der Waals surface area contributed by atoms with Crippen LogP contribution in [-0.4, -0.2) is 13.3 Å². The zero-order chi connectivity index (χ0) is 9.45. The summed E-state index contributed by atoms with van der Waals surface area (Å²) in [6.07, 6.45) is 9.28. The summed E-state index contributed by atoms with van der Waals surface area (Å²) in [5.41, 5.74) is 0. The van der Waals surface area contributed by atoms with Crippen LogP contribution in [-0.2, 0) is 0 Å². The molecule has 0 bridgehead atoms. The van der Waals surface area contributed by atoms with E-state index in [1.165, 1.54) is 32.1 Å². The van der Waals surface area contributed by atoms with Crippen molar-refractivity contribution in [3.05, 3.63) is 11.0 Å². The fourth-order valence-corrected chi connectivity index (χ4v) is 2.96. The van der Waals surface area contributed by atoms with E-state index < -0.39 is 13.3 Å². The van der Waals surface area contributed by atoms with Crippen molar-refractivity contribution in [3.63, 3.8) is 0 Å². The van der Waals surface area contributed by atoms with Crippen molar-refractivity contribution >= 4 is 13.3 Å². The van der Waals surface area contributed by atoms with E-state index in [0.29, 0.717) is 0 Å². The average molecular weight is 229 g/mol. The van der Waals surface area contributed by atoms with Crippen molar-refractivity contribution in [3.8, 4) is 0 Å². The minimum absolute atomic E-state index is 1.31. The van der Waals surface area contributed by atoms with Gasteiger partial charge in [-0.25, -0.2) is 0 Å². The molecule has 0 aromatic heterocycles. The summed E-state index contributed by atoms with van der Waals surface area (Å²) in [4.78, 5) is 2.51. The van der Waals surface area contributed by atoms with Crippen molar-refractivity contribution in [1.82, 2.24) is 0 Å². The van der Waals surface area contributed by atoms with Crippen LogP contribution in [0.2, 0.25) is 17.3 Å². The van der Waals surface area contributed by atoms with Crippen molar-refractivity contribution < 1.29 is 0 Å². The van der Waals surface area contributed by atoms with E-state index in [9.17, 15) is 0 Å². The first-order chi connectivity index (χ1) is 5.56. The predicted octanol–water partition coefficient (Wildman–Crippen LogP) is 4.39. The Balaban J connectivity index is 3.25. The molecule has 0 aliphatic rings. The maximum atomic E-state index is 2.51. The van der Waals surface area contributed by atoms with Crippen LogP contribution in [0.5, 0.6) is 0 Å². The third kappa shape index (κ3) is 10.3. The summed E-state index contributed by atoms with van der Waals surface area (Å²) < 4.78 is 0. The first-order valence-corrected chi connectivity index (χ1v) is 12.7. The van der Waals surface area contributed by atoms with Gasteiger partial charge in [0.15, 0.2) is 0 Å². The molecule has 0 atom stereocenters. The van der Waals surface area contributed by atoms with Crippen LogP contribution in [0.15, 0.2) is 11.0 Å². The van der Waals surface area contributed by atoms with Gasteiger partial charge in [-0.3, -0.25) is 0 Å². The Morgan fingerprint density at radius 3 is 2.17 bits per heavy atom. The van der Waals surface area contributed by atoms with Crippen LogP contribution in [0, 0.1) is 0 Å². The third-order valence-electron chi connectivity index (χ3n) is 1.84. The minimum atomic E-state index is -1.35. The molecule has 0 aliphatic heterocycles. The Morgan fingerprint density at radius 1 is 1.00 bits per heavy atom. The van der Waals surface area contributed by atoms with E-state index in [0.717, 1.165) is 0 Å². The molecule has 1 heteroatoms. The molecule has 72 valence electrons. The zero-order valence-corrected chi connectivity index (χ0v) is 11.3. The van der Waals surface area contributed by atoms with Gasteiger partial charge in [0.05, 0.1) is 0 Å². The molecule has 0 N–H and O–H groups in total. The van der Waals surface area contributed by atoms with Gasteiger partial charge in [-0.2, -0.15) is 0 Å². The van der Waals surface area contributed by atoms with Gasteiger partial charge in [0, 0.05) is 0 Å². The molecule has 0 aromatic rings. The van der Waals surface area contributed by atoms with Crippen molar-refractivity contribution in [2.24, 2.45) is 0 Å². The first kappa shape index (κ1) is 12.3. The fraction of sp³-hybridized carbons (Fsp3) is 0.818. The Bertz CT molecular complexity index is 119. The molecule has 0 rings (SSSR count). The monoisotopic (exact) mass is 230 g/mol. The summed E-state index contributed by atoms with van der Waals surface area (Å²) in [6, 6.07) is 0. The summed E-state index contributed by atoms with van der Waals surface area (Å²) in [6.45, 7) is 2.26. The van der Waals surface area contributed by atoms with Crippen LogP contribution >= 0.6 is 0 Å². The molecule has 0 radical (unpaired) electrons. The molecule has 0 saturated heterocycles. The molecule has 0 nitrogen and oxygen atoms in total. The molecule has 0 heterocycles. The molecule has 0 unspecified atom stereocenters. The van der Waals surface area contributed by atoms with Crippen molar-refractivity contribution in [2.45, 2.75) is 56.3 Å². The van der Waals surface area contributed by atoms with E-state index >= 15 is 0 Å². The second-order valence-electron chi connectivity index (χ2n) is 4.62. The van der Waals surface area contributed by atoms with Crippen LogP contribution in [0.1, 0.15) is 39.0 Å². The summed E-state index contributed by atoms with van der Waals surface area (Å²) in [5.74, 6) is 7.30. The van der Waals surface area contributed by atoms with Gasteiger partial charge >= 0.3 is 80.5 Å². The molecule has 0 fully saturated rings. The van der Waals surface area contributed by atoms with Gasteiger partial charge in [-0.05, 0) is 0 Å². The van der Waals surface area contributed by atoms with Crippen LogP contribution in [0.4, 0.5) is 0 Å². The molecule has 0 spiro atoms.